The predicted octanol–water partition coefficient (Wildman–Crippen LogP) is 3.18. The zero-order chi connectivity index (χ0) is 14.9. The van der Waals surface area contributed by atoms with E-state index in [1.807, 2.05) is 6.92 Å². The van der Waals surface area contributed by atoms with Crippen molar-refractivity contribution >= 4 is 27.5 Å². The van der Waals surface area contributed by atoms with E-state index in [9.17, 15) is 18.0 Å². The number of alkyl halides is 3. The quantitative estimate of drug-likeness (QED) is 0.907. The fourth-order valence-electron chi connectivity index (χ4n) is 2.33. The first-order valence-corrected chi connectivity index (χ1v) is 7.05. The lowest BCUT2D eigenvalue weighted by atomic mass is 10.1. The maximum atomic E-state index is 13.1. The van der Waals surface area contributed by atoms with Gasteiger partial charge in [-0.25, -0.2) is 0 Å². The van der Waals surface area contributed by atoms with E-state index in [2.05, 4.69) is 21.2 Å². The van der Waals surface area contributed by atoms with Gasteiger partial charge in [-0.15, -0.1) is 0 Å². The van der Waals surface area contributed by atoms with Gasteiger partial charge in [-0.05, 0) is 31.2 Å². The van der Waals surface area contributed by atoms with E-state index in [1.54, 1.807) is 0 Å². The largest absolute Gasteiger partial charge is 0.418 e. The van der Waals surface area contributed by atoms with Crippen LogP contribution in [0.4, 0.5) is 18.9 Å². The first kappa shape index (κ1) is 15.3. The molecule has 1 amide bonds. The molecule has 7 heteroatoms. The molecule has 3 nitrogen and oxygen atoms in total. The number of hydrogen-bond donors (Lipinski definition) is 1. The van der Waals surface area contributed by atoms with E-state index in [0.717, 1.165) is 6.07 Å². The van der Waals surface area contributed by atoms with Crippen molar-refractivity contribution in [3.05, 3.63) is 28.2 Å². The molecule has 1 aliphatic heterocycles. The average Bonchev–Trinajstić information content (AvgIpc) is 2.71. The lowest BCUT2D eigenvalue weighted by Gasteiger charge is -2.22. The highest BCUT2D eigenvalue weighted by Crippen LogP contribution is 2.39. The van der Waals surface area contributed by atoms with Crippen molar-refractivity contribution in [1.82, 2.24) is 5.32 Å². The fraction of sp³-hybridized carbons (Fsp3) is 0.462. The molecule has 0 saturated carbocycles. The second kappa shape index (κ2) is 5.73. The maximum Gasteiger partial charge on any atom is 0.418 e. The van der Waals surface area contributed by atoms with Crippen LogP contribution in [0.1, 0.15) is 18.9 Å². The molecular weight excluding hydrogens is 337 g/mol. The zero-order valence-electron chi connectivity index (χ0n) is 10.8. The number of anilines is 1. The maximum absolute atomic E-state index is 13.1. The summed E-state index contributed by atoms with van der Waals surface area (Å²) in [6, 6.07) is 3.45. The molecule has 1 fully saturated rings. The molecule has 1 N–H and O–H groups in total. The summed E-state index contributed by atoms with van der Waals surface area (Å²) < 4.78 is 39.6. The molecule has 0 spiro atoms. The van der Waals surface area contributed by atoms with Crippen molar-refractivity contribution in [3.8, 4) is 0 Å². The highest BCUT2D eigenvalue weighted by molar-refractivity contribution is 9.10. The first-order valence-electron chi connectivity index (χ1n) is 6.26. The highest BCUT2D eigenvalue weighted by atomic mass is 79.9. The minimum atomic E-state index is -4.49. The summed E-state index contributed by atoms with van der Waals surface area (Å²) in [5.41, 5.74) is -0.872. The Bertz CT molecular complexity index is 519. The molecular formula is C13H14BrF3N2O. The molecule has 0 aromatic heterocycles. The van der Waals surface area contributed by atoms with E-state index in [1.165, 1.54) is 17.0 Å². The number of hydrogen-bond acceptors (Lipinski definition) is 2. The van der Waals surface area contributed by atoms with E-state index < -0.39 is 17.8 Å². The Labute approximate surface area is 123 Å². The molecule has 1 heterocycles. The minimum absolute atomic E-state index is 0.0777. The van der Waals surface area contributed by atoms with E-state index >= 15 is 0 Å². The van der Waals surface area contributed by atoms with Crippen molar-refractivity contribution < 1.29 is 18.0 Å². The summed E-state index contributed by atoms with van der Waals surface area (Å²) in [5.74, 6) is -0.306. The van der Waals surface area contributed by atoms with Crippen LogP contribution in [0.15, 0.2) is 22.7 Å². The molecule has 1 aromatic rings. The van der Waals surface area contributed by atoms with Crippen LogP contribution < -0.4 is 10.2 Å². The van der Waals surface area contributed by atoms with Gasteiger partial charge in [-0.3, -0.25) is 4.79 Å². The second-order valence-electron chi connectivity index (χ2n) is 4.55. The van der Waals surface area contributed by atoms with Gasteiger partial charge >= 0.3 is 6.18 Å². The summed E-state index contributed by atoms with van der Waals surface area (Å²) in [6.07, 6.45) is -3.98. The fourth-order valence-corrected chi connectivity index (χ4v) is 2.69. The molecule has 1 unspecified atom stereocenters. The van der Waals surface area contributed by atoms with Gasteiger partial charge in [-0.1, -0.05) is 22.9 Å². The topological polar surface area (TPSA) is 32.3 Å². The number of carbonyl (C=O) groups is 1. The SMILES string of the molecule is CCNC1CCN(c2ccc(Br)cc2C(F)(F)F)C1=O. The van der Waals surface area contributed by atoms with Crippen LogP contribution in [-0.4, -0.2) is 25.0 Å². The average molecular weight is 351 g/mol. The highest BCUT2D eigenvalue weighted by Gasteiger charge is 2.39. The Kier molecular flexibility index (Phi) is 4.39. The van der Waals surface area contributed by atoms with Crippen molar-refractivity contribution in [1.29, 1.82) is 0 Å². The van der Waals surface area contributed by atoms with Gasteiger partial charge in [0.25, 0.3) is 0 Å². The molecule has 1 aromatic carbocycles. The summed E-state index contributed by atoms with van der Waals surface area (Å²) >= 11 is 3.03. The third kappa shape index (κ3) is 2.98. The summed E-state index contributed by atoms with van der Waals surface area (Å²) in [6.45, 7) is 2.76. The number of benzene rings is 1. The van der Waals surface area contributed by atoms with Gasteiger partial charge < -0.3 is 10.2 Å². The molecule has 1 atom stereocenters. The first-order chi connectivity index (χ1) is 9.34. The molecule has 0 aliphatic carbocycles. The number of nitrogens with zero attached hydrogens (tertiary/aromatic N) is 1. The van der Waals surface area contributed by atoms with Gasteiger partial charge in [0.2, 0.25) is 5.91 Å². The molecule has 20 heavy (non-hydrogen) atoms. The molecule has 110 valence electrons. The molecule has 0 radical (unpaired) electrons. The Hall–Kier alpha value is -1.08. The van der Waals surface area contributed by atoms with Gasteiger partial charge in [0.15, 0.2) is 0 Å². The number of amides is 1. The van der Waals surface area contributed by atoms with Crippen LogP contribution in [0.3, 0.4) is 0 Å². The van der Waals surface area contributed by atoms with Crippen molar-refractivity contribution in [3.63, 3.8) is 0 Å². The smallest absolute Gasteiger partial charge is 0.310 e. The number of likely N-dealkylation sites (N-methyl/N-ethyl adjacent to an activating group) is 1. The molecule has 1 aliphatic rings. The van der Waals surface area contributed by atoms with Gasteiger partial charge in [0.05, 0.1) is 17.3 Å². The predicted molar refractivity (Wildman–Crippen MR) is 73.6 cm³/mol. The molecule has 2 rings (SSSR count). The normalized spacial score (nSPS) is 19.8. The monoisotopic (exact) mass is 350 g/mol. The lowest BCUT2D eigenvalue weighted by molar-refractivity contribution is -0.137. The molecule has 1 saturated heterocycles. The van der Waals surface area contributed by atoms with Crippen LogP contribution in [0.25, 0.3) is 0 Å². The summed E-state index contributed by atoms with van der Waals surface area (Å²) in [4.78, 5) is 13.4. The van der Waals surface area contributed by atoms with Gasteiger partial charge in [0, 0.05) is 11.0 Å². The number of rotatable bonds is 3. The Morgan fingerprint density at radius 1 is 1.45 bits per heavy atom. The van der Waals surface area contributed by atoms with Crippen LogP contribution in [0, 0.1) is 0 Å². The number of halogens is 4. The number of carbonyl (C=O) groups excluding carboxylic acids is 1. The van der Waals surface area contributed by atoms with Crippen LogP contribution in [-0.2, 0) is 11.0 Å². The van der Waals surface area contributed by atoms with Crippen LogP contribution in [0.5, 0.6) is 0 Å². The zero-order valence-corrected chi connectivity index (χ0v) is 12.4. The van der Waals surface area contributed by atoms with E-state index in [-0.39, 0.29) is 11.6 Å². The standard InChI is InChI=1S/C13H14BrF3N2O/c1-2-18-10-5-6-19(12(10)20)11-4-3-8(14)7-9(11)13(15,16)17/h3-4,7,10,18H,2,5-6H2,1H3. The molecule has 0 bridgehead atoms. The van der Waals surface area contributed by atoms with E-state index in [0.29, 0.717) is 24.0 Å². The summed E-state index contributed by atoms with van der Waals surface area (Å²) in [7, 11) is 0. The van der Waals surface area contributed by atoms with Crippen LogP contribution in [0.2, 0.25) is 0 Å². The Morgan fingerprint density at radius 3 is 2.75 bits per heavy atom. The Balaban J connectivity index is 2.37. The van der Waals surface area contributed by atoms with E-state index in [4.69, 9.17) is 0 Å². The minimum Gasteiger partial charge on any atom is -0.310 e. The van der Waals surface area contributed by atoms with Crippen LogP contribution >= 0.6 is 15.9 Å². The van der Waals surface area contributed by atoms with Gasteiger partial charge in [0.1, 0.15) is 0 Å². The Morgan fingerprint density at radius 2 is 2.15 bits per heavy atom. The lowest BCUT2D eigenvalue weighted by Crippen LogP contribution is -2.38. The second-order valence-corrected chi connectivity index (χ2v) is 5.46. The van der Waals surface area contributed by atoms with Gasteiger partial charge in [-0.2, -0.15) is 13.2 Å². The summed E-state index contributed by atoms with van der Waals surface area (Å²) in [5, 5.41) is 2.98. The third-order valence-electron chi connectivity index (χ3n) is 3.21. The van der Waals surface area contributed by atoms with Crippen molar-refractivity contribution in [2.75, 3.05) is 18.0 Å². The van der Waals surface area contributed by atoms with Crippen molar-refractivity contribution in [2.45, 2.75) is 25.6 Å². The third-order valence-corrected chi connectivity index (χ3v) is 3.70. The number of nitrogens with one attached hydrogen (secondary N) is 1. The van der Waals surface area contributed by atoms with Crippen molar-refractivity contribution in [2.24, 2.45) is 0 Å².